The van der Waals surface area contributed by atoms with Crippen molar-refractivity contribution in [3.63, 3.8) is 0 Å². The first-order valence-electron chi connectivity index (χ1n) is 6.92. The largest absolute Gasteiger partial charge is 0.387 e. The molecule has 22 heavy (non-hydrogen) atoms. The summed E-state index contributed by atoms with van der Waals surface area (Å²) < 4.78 is 0. The molecule has 0 radical (unpaired) electrons. The summed E-state index contributed by atoms with van der Waals surface area (Å²) in [5.41, 5.74) is 0.368. The van der Waals surface area contributed by atoms with Crippen LogP contribution in [0, 0.1) is 0 Å². The molecule has 1 aliphatic rings. The highest BCUT2D eigenvalue weighted by Gasteiger charge is 2.49. The quantitative estimate of drug-likeness (QED) is 0.850. The highest BCUT2D eigenvalue weighted by molar-refractivity contribution is 7.08. The lowest BCUT2D eigenvalue weighted by Gasteiger charge is -2.22. The standard InChI is InChI=1S/C16H16N2O3S/c1-16(12-7-8-22-10-12)14(20)18(15(21)17-16)9-13(19)11-5-3-2-4-6-11/h2-8,10,13,19H,9H2,1H3,(H,17,21)/t13-,16+/m1/s1. The van der Waals surface area contributed by atoms with Crippen molar-refractivity contribution < 1.29 is 14.7 Å². The molecule has 1 saturated heterocycles. The second kappa shape index (κ2) is 5.55. The van der Waals surface area contributed by atoms with Crippen LogP contribution in [0.5, 0.6) is 0 Å². The maximum Gasteiger partial charge on any atom is 0.325 e. The topological polar surface area (TPSA) is 69.6 Å². The number of imide groups is 1. The number of carbonyl (C=O) groups is 2. The summed E-state index contributed by atoms with van der Waals surface area (Å²) in [5.74, 6) is -0.342. The lowest BCUT2D eigenvalue weighted by Crippen LogP contribution is -2.41. The summed E-state index contributed by atoms with van der Waals surface area (Å²) in [7, 11) is 0. The van der Waals surface area contributed by atoms with E-state index in [4.69, 9.17) is 0 Å². The van der Waals surface area contributed by atoms with Crippen LogP contribution >= 0.6 is 11.3 Å². The van der Waals surface area contributed by atoms with Crippen molar-refractivity contribution in [3.05, 3.63) is 58.3 Å². The van der Waals surface area contributed by atoms with E-state index in [0.29, 0.717) is 5.56 Å². The molecular weight excluding hydrogens is 300 g/mol. The Morgan fingerprint density at radius 2 is 2.00 bits per heavy atom. The van der Waals surface area contributed by atoms with Gasteiger partial charge in [0.2, 0.25) is 0 Å². The van der Waals surface area contributed by atoms with E-state index in [1.807, 2.05) is 22.9 Å². The molecule has 0 unspecified atom stereocenters. The molecule has 1 aromatic carbocycles. The lowest BCUT2D eigenvalue weighted by atomic mass is 9.95. The molecule has 1 aromatic heterocycles. The van der Waals surface area contributed by atoms with Crippen LogP contribution in [-0.4, -0.2) is 28.5 Å². The molecule has 1 aliphatic heterocycles. The van der Waals surface area contributed by atoms with Gasteiger partial charge in [-0.3, -0.25) is 9.69 Å². The van der Waals surface area contributed by atoms with Crippen LogP contribution in [0.1, 0.15) is 24.2 Å². The number of hydrogen-bond donors (Lipinski definition) is 2. The van der Waals surface area contributed by atoms with E-state index in [2.05, 4.69) is 5.32 Å². The van der Waals surface area contributed by atoms with Crippen LogP contribution < -0.4 is 5.32 Å². The van der Waals surface area contributed by atoms with Crippen molar-refractivity contribution in [1.29, 1.82) is 0 Å². The Morgan fingerprint density at radius 1 is 1.27 bits per heavy atom. The normalized spacial score (nSPS) is 22.7. The minimum Gasteiger partial charge on any atom is -0.387 e. The van der Waals surface area contributed by atoms with Gasteiger partial charge in [-0.2, -0.15) is 11.3 Å². The molecule has 2 heterocycles. The maximum atomic E-state index is 12.6. The zero-order chi connectivity index (χ0) is 15.7. The number of β-amino-alcohol motifs (C(OH)–C–C–N with tert-alkyl or cyclic N) is 1. The number of urea groups is 1. The molecule has 6 heteroatoms. The third-order valence-electron chi connectivity index (χ3n) is 3.91. The molecule has 1 fully saturated rings. The van der Waals surface area contributed by atoms with E-state index in [9.17, 15) is 14.7 Å². The van der Waals surface area contributed by atoms with Crippen LogP contribution in [-0.2, 0) is 10.3 Å². The molecule has 5 nitrogen and oxygen atoms in total. The second-order valence-corrected chi connectivity index (χ2v) is 6.19. The Kier molecular flexibility index (Phi) is 3.72. The third kappa shape index (κ3) is 2.40. The van der Waals surface area contributed by atoms with Crippen LogP contribution in [0.2, 0.25) is 0 Å². The number of aliphatic hydroxyl groups is 1. The number of carbonyl (C=O) groups excluding carboxylic acids is 2. The highest BCUT2D eigenvalue weighted by Crippen LogP contribution is 2.31. The van der Waals surface area contributed by atoms with Gasteiger partial charge in [0.15, 0.2) is 0 Å². The number of nitrogens with one attached hydrogen (secondary N) is 1. The van der Waals surface area contributed by atoms with Crippen LogP contribution in [0.15, 0.2) is 47.2 Å². The van der Waals surface area contributed by atoms with Crippen LogP contribution in [0.4, 0.5) is 4.79 Å². The van der Waals surface area contributed by atoms with Gasteiger partial charge >= 0.3 is 6.03 Å². The molecular formula is C16H16N2O3S. The van der Waals surface area contributed by atoms with Gasteiger partial charge < -0.3 is 10.4 Å². The van der Waals surface area contributed by atoms with Gasteiger partial charge in [0.1, 0.15) is 5.54 Å². The van der Waals surface area contributed by atoms with E-state index in [1.165, 1.54) is 11.3 Å². The van der Waals surface area contributed by atoms with Crippen LogP contribution in [0.25, 0.3) is 0 Å². The number of hydrogen-bond acceptors (Lipinski definition) is 4. The Hall–Kier alpha value is -2.18. The first-order valence-corrected chi connectivity index (χ1v) is 7.86. The Bertz CT molecular complexity index is 687. The molecule has 2 atom stereocenters. The zero-order valence-electron chi connectivity index (χ0n) is 12.0. The van der Waals surface area contributed by atoms with Crippen molar-refractivity contribution >= 4 is 23.3 Å². The first-order chi connectivity index (χ1) is 10.5. The van der Waals surface area contributed by atoms with E-state index >= 15 is 0 Å². The molecule has 3 rings (SSSR count). The molecule has 114 valence electrons. The fraction of sp³-hybridized carbons (Fsp3) is 0.250. The maximum absolute atomic E-state index is 12.6. The predicted molar refractivity (Wildman–Crippen MR) is 83.3 cm³/mol. The molecule has 3 amide bonds. The molecule has 0 saturated carbocycles. The van der Waals surface area contributed by atoms with Crippen molar-refractivity contribution in [3.8, 4) is 0 Å². The van der Waals surface area contributed by atoms with Crippen molar-refractivity contribution in [1.82, 2.24) is 10.2 Å². The van der Waals surface area contributed by atoms with Gasteiger partial charge in [0.05, 0.1) is 12.6 Å². The third-order valence-corrected chi connectivity index (χ3v) is 4.60. The number of aliphatic hydroxyl groups excluding tert-OH is 1. The molecule has 0 aliphatic carbocycles. The molecule has 0 spiro atoms. The van der Waals surface area contributed by atoms with Gasteiger partial charge in [0.25, 0.3) is 5.91 Å². The summed E-state index contributed by atoms with van der Waals surface area (Å²) in [6.45, 7) is 1.62. The summed E-state index contributed by atoms with van der Waals surface area (Å²) >= 11 is 1.47. The van der Waals surface area contributed by atoms with E-state index in [-0.39, 0.29) is 12.5 Å². The predicted octanol–water partition coefficient (Wildman–Crippen LogP) is 2.25. The number of benzene rings is 1. The SMILES string of the molecule is C[C@@]1(c2ccsc2)NC(=O)N(C[C@@H](O)c2ccccc2)C1=O. The van der Waals surface area contributed by atoms with Crippen molar-refractivity contribution in [2.45, 2.75) is 18.6 Å². The fourth-order valence-corrected chi connectivity index (χ4v) is 3.33. The number of thiophene rings is 1. The minimum absolute atomic E-state index is 0.0611. The van der Waals surface area contributed by atoms with E-state index in [0.717, 1.165) is 10.5 Å². The fourth-order valence-electron chi connectivity index (χ4n) is 2.56. The average molecular weight is 316 g/mol. The van der Waals surface area contributed by atoms with E-state index in [1.54, 1.807) is 31.2 Å². The number of nitrogens with zero attached hydrogens (tertiary/aromatic N) is 1. The Morgan fingerprint density at radius 3 is 2.64 bits per heavy atom. The average Bonchev–Trinajstić information content (AvgIpc) is 3.13. The van der Waals surface area contributed by atoms with Gasteiger partial charge in [-0.25, -0.2) is 4.79 Å². The minimum atomic E-state index is -1.06. The van der Waals surface area contributed by atoms with Crippen molar-refractivity contribution in [2.24, 2.45) is 0 Å². The zero-order valence-corrected chi connectivity index (χ0v) is 12.8. The van der Waals surface area contributed by atoms with Gasteiger partial charge in [0, 0.05) is 0 Å². The molecule has 2 aromatic rings. The Balaban J connectivity index is 1.81. The van der Waals surface area contributed by atoms with Crippen LogP contribution in [0.3, 0.4) is 0 Å². The number of rotatable bonds is 4. The van der Waals surface area contributed by atoms with Gasteiger partial charge in [-0.15, -0.1) is 0 Å². The molecule has 2 N–H and O–H groups in total. The van der Waals surface area contributed by atoms with Gasteiger partial charge in [-0.1, -0.05) is 30.3 Å². The van der Waals surface area contributed by atoms with E-state index < -0.39 is 17.7 Å². The monoisotopic (exact) mass is 316 g/mol. The summed E-state index contributed by atoms with van der Waals surface area (Å²) in [4.78, 5) is 25.9. The molecule has 0 bridgehead atoms. The second-order valence-electron chi connectivity index (χ2n) is 5.41. The van der Waals surface area contributed by atoms with Crippen molar-refractivity contribution in [2.75, 3.05) is 6.54 Å². The lowest BCUT2D eigenvalue weighted by molar-refractivity contribution is -0.132. The summed E-state index contributed by atoms with van der Waals surface area (Å²) in [6.07, 6.45) is -0.902. The summed E-state index contributed by atoms with van der Waals surface area (Å²) in [5, 5.41) is 16.7. The first kappa shape index (κ1) is 14.7. The summed E-state index contributed by atoms with van der Waals surface area (Å²) in [6, 6.07) is 10.3. The smallest absolute Gasteiger partial charge is 0.325 e. The van der Waals surface area contributed by atoms with Gasteiger partial charge in [-0.05, 0) is 34.9 Å². The Labute approximate surface area is 132 Å². The highest BCUT2D eigenvalue weighted by atomic mass is 32.1. The number of amides is 3.